The van der Waals surface area contributed by atoms with Gasteiger partial charge in [-0.15, -0.1) is 0 Å². The van der Waals surface area contributed by atoms with E-state index in [-0.39, 0.29) is 16.8 Å². The van der Waals surface area contributed by atoms with Gasteiger partial charge in [-0.25, -0.2) is 8.78 Å². The number of alkyl halides is 3. The molecule has 2 rings (SSSR count). The Morgan fingerprint density at radius 1 is 0.895 bits per heavy atom. The molecule has 0 aliphatic carbocycles. The summed E-state index contributed by atoms with van der Waals surface area (Å²) in [5.74, 6) is -2.03. The molecule has 0 radical (unpaired) electrons. The van der Waals surface area contributed by atoms with Crippen molar-refractivity contribution in [1.29, 1.82) is 0 Å². The van der Waals surface area contributed by atoms with E-state index in [4.69, 9.17) is 5.73 Å². The lowest BCUT2D eigenvalue weighted by atomic mass is 10.0. The zero-order chi connectivity index (χ0) is 14.2. The van der Waals surface area contributed by atoms with Crippen LogP contribution in [0.2, 0.25) is 0 Å². The van der Waals surface area contributed by atoms with E-state index in [9.17, 15) is 22.0 Å². The summed E-state index contributed by atoms with van der Waals surface area (Å²) in [6, 6.07) is 5.76. The minimum atomic E-state index is -4.77. The minimum absolute atomic E-state index is 0.0856. The minimum Gasteiger partial charge on any atom is -0.398 e. The second-order valence-corrected chi connectivity index (χ2v) is 3.92. The summed E-state index contributed by atoms with van der Waals surface area (Å²) in [5.41, 5.74) is 4.60. The average Bonchev–Trinajstić information content (AvgIpc) is 2.30. The second kappa shape index (κ2) is 4.53. The van der Waals surface area contributed by atoms with Crippen molar-refractivity contribution in [2.24, 2.45) is 0 Å². The van der Waals surface area contributed by atoms with Gasteiger partial charge in [0.15, 0.2) is 0 Å². The van der Waals surface area contributed by atoms with Gasteiger partial charge in [-0.2, -0.15) is 13.2 Å². The molecule has 0 unspecified atom stereocenters. The van der Waals surface area contributed by atoms with E-state index < -0.39 is 23.4 Å². The Morgan fingerprint density at radius 3 is 2.16 bits per heavy atom. The Kier molecular flexibility index (Phi) is 3.18. The highest BCUT2D eigenvalue weighted by molar-refractivity contribution is 5.76. The molecule has 0 bridgehead atoms. The predicted octanol–water partition coefficient (Wildman–Crippen LogP) is 4.23. The standard InChI is InChI=1S/C13H8F5N/c14-8-2-4-12(19)9(6-8)7-1-3-10(11(15)5-7)13(16,17)18/h1-6H,19H2. The third kappa shape index (κ3) is 2.67. The monoisotopic (exact) mass is 273 g/mol. The van der Waals surface area contributed by atoms with Crippen molar-refractivity contribution < 1.29 is 22.0 Å². The zero-order valence-electron chi connectivity index (χ0n) is 9.43. The van der Waals surface area contributed by atoms with Gasteiger partial charge in [0, 0.05) is 11.3 Å². The quantitative estimate of drug-likeness (QED) is 0.610. The van der Waals surface area contributed by atoms with E-state index in [1.165, 1.54) is 6.07 Å². The smallest absolute Gasteiger partial charge is 0.398 e. The highest BCUT2D eigenvalue weighted by Crippen LogP contribution is 2.34. The molecule has 2 aromatic rings. The fourth-order valence-corrected chi connectivity index (χ4v) is 1.69. The van der Waals surface area contributed by atoms with Gasteiger partial charge in [0.2, 0.25) is 0 Å². The molecule has 0 aliphatic heterocycles. The highest BCUT2D eigenvalue weighted by atomic mass is 19.4. The first-order valence-electron chi connectivity index (χ1n) is 5.21. The summed E-state index contributed by atoms with van der Waals surface area (Å²) >= 11 is 0. The molecule has 19 heavy (non-hydrogen) atoms. The molecule has 1 nitrogen and oxygen atoms in total. The SMILES string of the molecule is Nc1ccc(F)cc1-c1ccc(C(F)(F)F)c(F)c1. The number of rotatable bonds is 1. The lowest BCUT2D eigenvalue weighted by Crippen LogP contribution is -2.08. The van der Waals surface area contributed by atoms with Crippen molar-refractivity contribution in [3.63, 3.8) is 0 Å². The van der Waals surface area contributed by atoms with E-state index >= 15 is 0 Å². The summed E-state index contributed by atoms with van der Waals surface area (Å²) in [4.78, 5) is 0. The first-order chi connectivity index (χ1) is 8.79. The fraction of sp³-hybridized carbons (Fsp3) is 0.0769. The molecule has 0 saturated heterocycles. The van der Waals surface area contributed by atoms with Crippen molar-refractivity contribution in [3.8, 4) is 11.1 Å². The number of anilines is 1. The van der Waals surface area contributed by atoms with Crippen LogP contribution >= 0.6 is 0 Å². The number of hydrogen-bond acceptors (Lipinski definition) is 1. The largest absolute Gasteiger partial charge is 0.419 e. The maximum atomic E-state index is 13.4. The molecule has 100 valence electrons. The van der Waals surface area contributed by atoms with Crippen LogP contribution < -0.4 is 5.73 Å². The lowest BCUT2D eigenvalue weighted by Gasteiger charge is -2.11. The van der Waals surface area contributed by atoms with Crippen molar-refractivity contribution in [2.45, 2.75) is 6.18 Å². The molecule has 0 saturated carbocycles. The predicted molar refractivity (Wildman–Crippen MR) is 61.2 cm³/mol. The summed E-state index contributed by atoms with van der Waals surface area (Å²) in [5, 5.41) is 0. The van der Waals surface area contributed by atoms with Gasteiger partial charge < -0.3 is 5.73 Å². The van der Waals surface area contributed by atoms with E-state index in [2.05, 4.69) is 0 Å². The van der Waals surface area contributed by atoms with E-state index in [1.807, 2.05) is 0 Å². The third-order valence-corrected chi connectivity index (χ3v) is 2.60. The number of halogens is 5. The van der Waals surface area contributed by atoms with Gasteiger partial charge in [-0.1, -0.05) is 6.07 Å². The van der Waals surface area contributed by atoms with Gasteiger partial charge in [-0.05, 0) is 35.9 Å². The van der Waals surface area contributed by atoms with E-state index in [0.717, 1.165) is 18.2 Å². The van der Waals surface area contributed by atoms with Crippen LogP contribution in [0, 0.1) is 11.6 Å². The Labute approximate surface area is 105 Å². The Balaban J connectivity index is 2.54. The first-order valence-corrected chi connectivity index (χ1v) is 5.21. The van der Waals surface area contributed by atoms with Crippen LogP contribution in [0.5, 0.6) is 0 Å². The van der Waals surface area contributed by atoms with Crippen LogP contribution in [0.3, 0.4) is 0 Å². The van der Waals surface area contributed by atoms with Crippen molar-refractivity contribution in [3.05, 3.63) is 53.6 Å². The van der Waals surface area contributed by atoms with Gasteiger partial charge in [0.05, 0.1) is 5.56 Å². The van der Waals surface area contributed by atoms with Crippen LogP contribution in [-0.2, 0) is 6.18 Å². The topological polar surface area (TPSA) is 26.0 Å². The van der Waals surface area contributed by atoms with Gasteiger partial charge >= 0.3 is 6.18 Å². The van der Waals surface area contributed by atoms with E-state index in [1.54, 1.807) is 0 Å². The lowest BCUT2D eigenvalue weighted by molar-refractivity contribution is -0.139. The van der Waals surface area contributed by atoms with Crippen molar-refractivity contribution >= 4 is 5.69 Å². The number of nitrogen functional groups attached to an aromatic ring is 1. The Hall–Kier alpha value is -2.11. The molecule has 2 aromatic carbocycles. The van der Waals surface area contributed by atoms with Crippen LogP contribution in [0.4, 0.5) is 27.6 Å². The number of benzene rings is 2. The van der Waals surface area contributed by atoms with Crippen LogP contribution in [0.25, 0.3) is 11.1 Å². The molecule has 0 fully saturated rings. The van der Waals surface area contributed by atoms with Gasteiger partial charge in [0.25, 0.3) is 0 Å². The molecule has 2 N–H and O–H groups in total. The summed E-state index contributed by atoms with van der Waals surface area (Å²) in [6.45, 7) is 0. The third-order valence-electron chi connectivity index (χ3n) is 2.60. The number of nitrogens with two attached hydrogens (primary N) is 1. The molecule has 0 heterocycles. The molecule has 0 aromatic heterocycles. The fourth-order valence-electron chi connectivity index (χ4n) is 1.69. The van der Waals surface area contributed by atoms with Crippen molar-refractivity contribution in [1.82, 2.24) is 0 Å². The zero-order valence-corrected chi connectivity index (χ0v) is 9.43. The summed E-state index contributed by atoms with van der Waals surface area (Å²) < 4.78 is 63.7. The van der Waals surface area contributed by atoms with Gasteiger partial charge in [-0.3, -0.25) is 0 Å². The summed E-state index contributed by atoms with van der Waals surface area (Å²) in [7, 11) is 0. The summed E-state index contributed by atoms with van der Waals surface area (Å²) in [6.07, 6.45) is -4.77. The highest BCUT2D eigenvalue weighted by Gasteiger charge is 2.34. The van der Waals surface area contributed by atoms with Crippen molar-refractivity contribution in [2.75, 3.05) is 5.73 Å². The maximum Gasteiger partial charge on any atom is 0.419 e. The van der Waals surface area contributed by atoms with Crippen LogP contribution in [0.15, 0.2) is 36.4 Å². The molecule has 0 aliphatic rings. The van der Waals surface area contributed by atoms with Gasteiger partial charge in [0.1, 0.15) is 11.6 Å². The molecule has 0 amide bonds. The number of hydrogen-bond donors (Lipinski definition) is 1. The molecular weight excluding hydrogens is 265 g/mol. The molecule has 6 heteroatoms. The Bertz CT molecular complexity index is 619. The molecular formula is C13H8F5N. The van der Waals surface area contributed by atoms with Crippen LogP contribution in [-0.4, -0.2) is 0 Å². The molecule has 0 spiro atoms. The maximum absolute atomic E-state index is 13.4. The van der Waals surface area contributed by atoms with Crippen LogP contribution in [0.1, 0.15) is 5.56 Å². The average molecular weight is 273 g/mol. The van der Waals surface area contributed by atoms with E-state index in [0.29, 0.717) is 12.1 Å². The molecule has 0 atom stereocenters. The normalized spacial score (nSPS) is 11.6. The second-order valence-electron chi connectivity index (χ2n) is 3.92. The Morgan fingerprint density at radius 2 is 1.58 bits per heavy atom. The first kappa shape index (κ1) is 13.3.